The van der Waals surface area contributed by atoms with Crippen LogP contribution in [-0.2, 0) is 0 Å². The lowest BCUT2D eigenvalue weighted by Crippen LogP contribution is -2.27. The molecule has 120 valence electrons. The Labute approximate surface area is 136 Å². The van der Waals surface area contributed by atoms with E-state index < -0.39 is 0 Å². The summed E-state index contributed by atoms with van der Waals surface area (Å²) in [4.78, 5) is 12.6. The van der Waals surface area contributed by atoms with Gasteiger partial charge in [0.1, 0.15) is 5.71 Å². The lowest BCUT2D eigenvalue weighted by Gasteiger charge is -2.16. The third-order valence-corrected chi connectivity index (χ3v) is 3.08. The second-order valence-electron chi connectivity index (χ2n) is 4.43. The van der Waals surface area contributed by atoms with Crippen LogP contribution in [0.25, 0.3) is 0 Å². The van der Waals surface area contributed by atoms with E-state index in [1.807, 2.05) is 19.1 Å². The van der Waals surface area contributed by atoms with Gasteiger partial charge in [-0.05, 0) is 37.6 Å². The number of hydrogen-bond donors (Lipinski definition) is 3. The largest absolute Gasteiger partial charge is 0.405 e. The van der Waals surface area contributed by atoms with Gasteiger partial charge in [0.15, 0.2) is 0 Å². The molecule has 0 aromatic rings. The topological polar surface area (TPSA) is 113 Å². The summed E-state index contributed by atoms with van der Waals surface area (Å²) in [6.45, 7) is 1.90. The molecule has 6 nitrogen and oxygen atoms in total. The maximum atomic E-state index is 8.49. The van der Waals surface area contributed by atoms with Crippen LogP contribution in [0.1, 0.15) is 6.92 Å². The summed E-state index contributed by atoms with van der Waals surface area (Å²) < 4.78 is 0. The van der Waals surface area contributed by atoms with Crippen LogP contribution in [0.3, 0.4) is 0 Å². The summed E-state index contributed by atoms with van der Waals surface area (Å²) in [6.07, 6.45) is 13.3. The van der Waals surface area contributed by atoms with Crippen LogP contribution >= 0.6 is 0 Å². The fourth-order valence-corrected chi connectivity index (χ4v) is 2.09. The van der Waals surface area contributed by atoms with Gasteiger partial charge in [-0.3, -0.25) is 20.4 Å². The molecule has 1 rings (SSSR count). The van der Waals surface area contributed by atoms with E-state index in [2.05, 4.69) is 15.0 Å². The van der Waals surface area contributed by atoms with E-state index in [-0.39, 0.29) is 5.71 Å². The van der Waals surface area contributed by atoms with Gasteiger partial charge in [0.25, 0.3) is 0 Å². The first-order valence-electron chi connectivity index (χ1n) is 7.06. The zero-order chi connectivity index (χ0) is 17.2. The fourth-order valence-electron chi connectivity index (χ4n) is 2.09. The van der Waals surface area contributed by atoms with Crippen molar-refractivity contribution in [1.29, 1.82) is 5.41 Å². The molecule has 0 saturated heterocycles. The quantitative estimate of drug-likeness (QED) is 0.674. The van der Waals surface area contributed by atoms with Crippen LogP contribution in [-0.4, -0.2) is 36.9 Å². The molecular weight excluding hydrogens is 288 g/mol. The van der Waals surface area contributed by atoms with Crippen molar-refractivity contribution in [2.75, 3.05) is 14.1 Å². The molecule has 0 spiro atoms. The summed E-state index contributed by atoms with van der Waals surface area (Å²) >= 11 is 0. The average molecular weight is 310 g/mol. The molecule has 1 aliphatic heterocycles. The molecule has 0 amide bonds. The number of nitrogens with zero attached hydrogens (tertiary/aromatic N) is 3. The van der Waals surface area contributed by atoms with Gasteiger partial charge in [-0.25, -0.2) is 0 Å². The van der Waals surface area contributed by atoms with Gasteiger partial charge in [0.2, 0.25) is 0 Å². The molecule has 0 aliphatic carbocycles. The SMILES string of the molecule is C/C=C/C(C(C=CN)=NC)=C1/C=CN=C(C(C=CN)=NC)C1=N. The highest BCUT2D eigenvalue weighted by atomic mass is 14.8. The zero-order valence-electron chi connectivity index (χ0n) is 13.6. The molecule has 0 fully saturated rings. The number of aliphatic imine (C=N–C) groups is 3. The second kappa shape index (κ2) is 9.09. The Balaban J connectivity index is 3.50. The van der Waals surface area contributed by atoms with Gasteiger partial charge in [0.05, 0.1) is 17.1 Å². The van der Waals surface area contributed by atoms with E-state index in [9.17, 15) is 0 Å². The van der Waals surface area contributed by atoms with Crippen molar-refractivity contribution >= 4 is 22.8 Å². The fraction of sp³-hybridized carbons (Fsp3) is 0.176. The highest BCUT2D eigenvalue weighted by molar-refractivity contribution is 6.73. The highest BCUT2D eigenvalue weighted by Crippen LogP contribution is 2.18. The van der Waals surface area contributed by atoms with E-state index >= 15 is 0 Å². The molecule has 5 N–H and O–H groups in total. The van der Waals surface area contributed by atoms with Crippen LogP contribution in [0.4, 0.5) is 0 Å². The molecule has 0 unspecified atom stereocenters. The molecule has 0 radical (unpaired) electrons. The minimum Gasteiger partial charge on any atom is -0.405 e. The predicted molar refractivity (Wildman–Crippen MR) is 99.5 cm³/mol. The van der Waals surface area contributed by atoms with Crippen molar-refractivity contribution in [3.05, 3.63) is 60.1 Å². The molecular formula is C17H22N6. The van der Waals surface area contributed by atoms with E-state index in [0.717, 1.165) is 5.57 Å². The molecule has 0 bridgehead atoms. The molecule has 1 heterocycles. The molecule has 0 atom stereocenters. The molecule has 0 aromatic carbocycles. The van der Waals surface area contributed by atoms with Crippen LogP contribution in [0.5, 0.6) is 0 Å². The van der Waals surface area contributed by atoms with E-state index in [1.54, 1.807) is 38.5 Å². The first kappa shape index (κ1) is 18.0. The monoisotopic (exact) mass is 310 g/mol. The highest BCUT2D eigenvalue weighted by Gasteiger charge is 2.21. The minimum absolute atomic E-state index is 0.255. The van der Waals surface area contributed by atoms with Gasteiger partial charge < -0.3 is 11.5 Å². The maximum Gasteiger partial charge on any atom is 0.114 e. The van der Waals surface area contributed by atoms with Crippen molar-refractivity contribution in [2.45, 2.75) is 6.92 Å². The van der Waals surface area contributed by atoms with Crippen LogP contribution < -0.4 is 11.5 Å². The summed E-state index contributed by atoms with van der Waals surface area (Å²) in [5.41, 5.74) is 14.4. The van der Waals surface area contributed by atoms with E-state index in [4.69, 9.17) is 16.9 Å². The first-order chi connectivity index (χ1) is 11.1. The lowest BCUT2D eigenvalue weighted by molar-refractivity contribution is 1.40. The van der Waals surface area contributed by atoms with Crippen molar-refractivity contribution < 1.29 is 0 Å². The van der Waals surface area contributed by atoms with Crippen LogP contribution in [0.2, 0.25) is 0 Å². The van der Waals surface area contributed by atoms with Crippen molar-refractivity contribution in [1.82, 2.24) is 0 Å². The summed E-state index contributed by atoms with van der Waals surface area (Å²) in [6, 6.07) is 0. The third kappa shape index (κ3) is 4.23. The van der Waals surface area contributed by atoms with Gasteiger partial charge in [-0.1, -0.05) is 12.2 Å². The Bertz CT molecular complexity index is 697. The lowest BCUT2D eigenvalue weighted by atomic mass is 9.92. The number of allylic oxidation sites excluding steroid dienone is 7. The van der Waals surface area contributed by atoms with Crippen molar-refractivity contribution in [3.8, 4) is 0 Å². The Morgan fingerprint density at radius 3 is 2.35 bits per heavy atom. The smallest absolute Gasteiger partial charge is 0.114 e. The molecule has 6 heteroatoms. The molecule has 0 saturated carbocycles. The molecule has 0 aromatic heterocycles. The van der Waals surface area contributed by atoms with Gasteiger partial charge >= 0.3 is 0 Å². The normalized spacial score (nSPS) is 19.3. The van der Waals surface area contributed by atoms with Crippen molar-refractivity contribution in [3.63, 3.8) is 0 Å². The standard InChI is InChI=1S/C17H22N6/c1-4-5-12(14(21-2)6-9-18)13-8-11-23-17(16(13)20)15(22-3)7-10-19/h4-11,20H,18-19H2,1-3H3/b5-4+,9-6?,10-7?,13-12+,20-16?,21-14?,22-15?. The Hall–Kier alpha value is -3.02. The maximum absolute atomic E-state index is 8.49. The Morgan fingerprint density at radius 1 is 1.13 bits per heavy atom. The Kier molecular flexibility index (Phi) is 7.13. The second-order valence-corrected chi connectivity index (χ2v) is 4.43. The Morgan fingerprint density at radius 2 is 1.83 bits per heavy atom. The van der Waals surface area contributed by atoms with Crippen LogP contribution in [0, 0.1) is 5.41 Å². The van der Waals surface area contributed by atoms with Gasteiger partial charge in [0, 0.05) is 31.4 Å². The third-order valence-electron chi connectivity index (χ3n) is 3.08. The van der Waals surface area contributed by atoms with Gasteiger partial charge in [-0.2, -0.15) is 0 Å². The number of nitrogens with two attached hydrogens (primary N) is 2. The number of hydrogen-bond acceptors (Lipinski definition) is 6. The first-order valence-corrected chi connectivity index (χ1v) is 7.06. The summed E-state index contributed by atoms with van der Waals surface area (Å²) in [5, 5.41) is 8.49. The van der Waals surface area contributed by atoms with Crippen molar-refractivity contribution in [2.24, 2.45) is 26.4 Å². The summed E-state index contributed by atoms with van der Waals surface area (Å²) in [5.74, 6) is 0. The number of nitrogens with one attached hydrogen (secondary N) is 1. The average Bonchev–Trinajstić information content (AvgIpc) is 2.56. The molecule has 1 aliphatic rings. The van der Waals surface area contributed by atoms with E-state index in [0.29, 0.717) is 22.7 Å². The predicted octanol–water partition coefficient (Wildman–Crippen LogP) is 1.93. The minimum atomic E-state index is 0.255. The number of rotatable bonds is 5. The molecule has 23 heavy (non-hydrogen) atoms. The van der Waals surface area contributed by atoms with E-state index in [1.165, 1.54) is 12.4 Å². The zero-order valence-corrected chi connectivity index (χ0v) is 13.6. The van der Waals surface area contributed by atoms with Crippen LogP contribution in [0.15, 0.2) is 75.1 Å². The van der Waals surface area contributed by atoms with Gasteiger partial charge in [-0.15, -0.1) is 0 Å². The summed E-state index contributed by atoms with van der Waals surface area (Å²) in [7, 11) is 3.32.